The second-order valence-electron chi connectivity index (χ2n) is 5.04. The number of anilines is 1. The molecule has 0 saturated heterocycles. The summed E-state index contributed by atoms with van der Waals surface area (Å²) in [6, 6.07) is 8.35. The largest absolute Gasteiger partial charge is 0.481 e. The number of aryl methyl sites for hydroxylation is 1. The fourth-order valence-corrected chi connectivity index (χ4v) is 2.20. The first-order valence-corrected chi connectivity index (χ1v) is 7.60. The molecule has 1 aromatic heterocycles. The molecule has 0 aliphatic carbocycles. The maximum Gasteiger partial charge on any atom is 0.342 e. The van der Waals surface area contributed by atoms with E-state index >= 15 is 0 Å². The summed E-state index contributed by atoms with van der Waals surface area (Å²) in [6.07, 6.45) is -0.875. The van der Waals surface area contributed by atoms with E-state index in [1.54, 1.807) is 24.3 Å². The van der Waals surface area contributed by atoms with Gasteiger partial charge in [0, 0.05) is 5.02 Å². The normalized spacial score (nSPS) is 11.3. The van der Waals surface area contributed by atoms with Crippen LogP contribution < -0.4 is 10.1 Å². The lowest BCUT2D eigenvalue weighted by Crippen LogP contribution is -2.30. The first kappa shape index (κ1) is 18.4. The van der Waals surface area contributed by atoms with E-state index < -0.39 is 18.0 Å². The van der Waals surface area contributed by atoms with Gasteiger partial charge in [-0.1, -0.05) is 11.6 Å². The number of methoxy groups -OCH3 is 1. The molecule has 1 amide bonds. The van der Waals surface area contributed by atoms with Crippen LogP contribution in [0.4, 0.5) is 5.88 Å². The number of hydrogen-bond donors (Lipinski definition) is 1. The van der Waals surface area contributed by atoms with Gasteiger partial charge in [-0.05, 0) is 38.1 Å². The van der Waals surface area contributed by atoms with E-state index in [-0.39, 0.29) is 22.8 Å². The summed E-state index contributed by atoms with van der Waals surface area (Å²) < 4.78 is 15.4. The molecule has 2 aromatic rings. The number of furan rings is 1. The second-order valence-corrected chi connectivity index (χ2v) is 5.48. The lowest BCUT2D eigenvalue weighted by molar-refractivity contribution is -0.122. The van der Waals surface area contributed by atoms with Gasteiger partial charge in [-0.3, -0.25) is 10.1 Å². The Bertz CT molecular complexity index is 836. The Morgan fingerprint density at radius 3 is 2.52 bits per heavy atom. The summed E-state index contributed by atoms with van der Waals surface area (Å²) in [4.78, 5) is 24.0. The zero-order valence-corrected chi connectivity index (χ0v) is 14.5. The molecule has 130 valence electrons. The number of esters is 1. The highest BCUT2D eigenvalue weighted by Gasteiger charge is 2.26. The van der Waals surface area contributed by atoms with Crippen LogP contribution in [0.5, 0.6) is 5.75 Å². The van der Waals surface area contributed by atoms with Crippen molar-refractivity contribution in [2.75, 3.05) is 12.4 Å². The molecule has 0 radical (unpaired) electrons. The number of rotatable bonds is 5. The quantitative estimate of drug-likeness (QED) is 0.819. The molecule has 2 rings (SSSR count). The Morgan fingerprint density at radius 2 is 1.96 bits per heavy atom. The summed E-state index contributed by atoms with van der Waals surface area (Å²) in [5.74, 6) is -0.763. The smallest absolute Gasteiger partial charge is 0.342 e. The maximum atomic E-state index is 12.3. The van der Waals surface area contributed by atoms with E-state index in [4.69, 9.17) is 20.8 Å². The zero-order valence-electron chi connectivity index (χ0n) is 13.8. The highest BCUT2D eigenvalue weighted by Crippen LogP contribution is 2.27. The molecular formula is C17H15ClN2O5. The molecular weight excluding hydrogens is 348 g/mol. The summed E-state index contributed by atoms with van der Waals surface area (Å²) >= 11 is 5.79. The molecule has 0 aliphatic heterocycles. The van der Waals surface area contributed by atoms with Crippen LogP contribution in [-0.2, 0) is 9.53 Å². The monoisotopic (exact) mass is 362 g/mol. The number of halogens is 1. The van der Waals surface area contributed by atoms with Crippen LogP contribution in [0.3, 0.4) is 0 Å². The van der Waals surface area contributed by atoms with Gasteiger partial charge in [0.25, 0.3) is 5.91 Å². The van der Waals surface area contributed by atoms with Crippen molar-refractivity contribution in [3.8, 4) is 11.8 Å². The number of carbonyl (C=O) groups excluding carboxylic acids is 2. The number of amides is 1. The highest BCUT2D eigenvalue weighted by atomic mass is 35.5. The standard InChI is InChI=1S/C17H15ClN2O5/c1-9-14(17(22)23-3)13(8-19)16(25-9)20-15(21)10(2)24-12-6-4-11(18)5-7-12/h4-7,10H,1-3H3,(H,20,21). The number of nitriles is 1. The van der Waals surface area contributed by atoms with Crippen molar-refractivity contribution in [2.24, 2.45) is 0 Å². The minimum absolute atomic E-state index is 0.0217. The third kappa shape index (κ3) is 4.11. The molecule has 1 aromatic carbocycles. The van der Waals surface area contributed by atoms with E-state index in [0.717, 1.165) is 0 Å². The van der Waals surface area contributed by atoms with Gasteiger partial charge >= 0.3 is 5.97 Å². The van der Waals surface area contributed by atoms with E-state index in [2.05, 4.69) is 10.1 Å². The lowest BCUT2D eigenvalue weighted by Gasteiger charge is -2.13. The van der Waals surface area contributed by atoms with Crippen LogP contribution in [-0.4, -0.2) is 25.1 Å². The maximum absolute atomic E-state index is 12.3. The molecule has 1 atom stereocenters. The van der Waals surface area contributed by atoms with Gasteiger partial charge in [0.05, 0.1) is 7.11 Å². The van der Waals surface area contributed by atoms with Crippen molar-refractivity contribution in [2.45, 2.75) is 20.0 Å². The van der Waals surface area contributed by atoms with Crippen molar-refractivity contribution in [3.05, 3.63) is 46.2 Å². The average molecular weight is 363 g/mol. The van der Waals surface area contributed by atoms with Crippen LogP contribution in [0.1, 0.15) is 28.6 Å². The summed E-state index contributed by atoms with van der Waals surface area (Å²) in [5.41, 5.74) is -0.122. The van der Waals surface area contributed by atoms with Crippen LogP contribution >= 0.6 is 11.6 Å². The van der Waals surface area contributed by atoms with Crippen LogP contribution in [0, 0.1) is 18.3 Å². The number of nitrogens with zero attached hydrogens (tertiary/aromatic N) is 1. The van der Waals surface area contributed by atoms with Crippen LogP contribution in [0.25, 0.3) is 0 Å². The van der Waals surface area contributed by atoms with E-state index in [0.29, 0.717) is 10.8 Å². The Kier molecular flexibility index (Phi) is 5.67. The SMILES string of the molecule is COC(=O)c1c(C)oc(NC(=O)C(C)Oc2ccc(Cl)cc2)c1C#N. The Morgan fingerprint density at radius 1 is 1.32 bits per heavy atom. The van der Waals surface area contributed by atoms with Gasteiger partial charge in [-0.15, -0.1) is 0 Å². The number of nitrogens with one attached hydrogen (secondary N) is 1. The van der Waals surface area contributed by atoms with Gasteiger partial charge < -0.3 is 13.9 Å². The van der Waals surface area contributed by atoms with Crippen molar-refractivity contribution in [3.63, 3.8) is 0 Å². The van der Waals surface area contributed by atoms with Crippen molar-refractivity contribution in [1.29, 1.82) is 5.26 Å². The summed E-state index contributed by atoms with van der Waals surface area (Å²) in [7, 11) is 1.19. The number of benzene rings is 1. The molecule has 25 heavy (non-hydrogen) atoms. The first-order chi connectivity index (χ1) is 11.9. The minimum atomic E-state index is -0.875. The van der Waals surface area contributed by atoms with Gasteiger partial charge in [0.1, 0.15) is 28.7 Å². The Labute approximate surface area is 149 Å². The molecule has 0 saturated carbocycles. The van der Waals surface area contributed by atoms with Gasteiger partial charge in [0.2, 0.25) is 5.88 Å². The molecule has 1 N–H and O–H groups in total. The van der Waals surface area contributed by atoms with Crippen molar-refractivity contribution in [1.82, 2.24) is 0 Å². The van der Waals surface area contributed by atoms with Crippen molar-refractivity contribution < 1.29 is 23.5 Å². The topological polar surface area (TPSA) is 102 Å². The predicted octanol–water partition coefficient (Wildman–Crippen LogP) is 3.31. The summed E-state index contributed by atoms with van der Waals surface area (Å²) in [5, 5.41) is 12.2. The van der Waals surface area contributed by atoms with Gasteiger partial charge in [-0.2, -0.15) is 5.26 Å². The molecule has 1 unspecified atom stereocenters. The first-order valence-electron chi connectivity index (χ1n) is 7.22. The molecule has 0 spiro atoms. The number of carbonyl (C=O) groups is 2. The molecule has 7 nitrogen and oxygen atoms in total. The second kappa shape index (κ2) is 7.73. The van der Waals surface area contributed by atoms with Crippen molar-refractivity contribution >= 4 is 29.4 Å². The average Bonchev–Trinajstić information content (AvgIpc) is 2.91. The number of hydrogen-bond acceptors (Lipinski definition) is 6. The van der Waals surface area contributed by atoms with Gasteiger partial charge in [-0.25, -0.2) is 4.79 Å². The van der Waals surface area contributed by atoms with Crippen LogP contribution in [0.2, 0.25) is 5.02 Å². The Balaban J connectivity index is 2.16. The fraction of sp³-hybridized carbons (Fsp3) is 0.235. The van der Waals surface area contributed by atoms with Crippen LogP contribution in [0.15, 0.2) is 28.7 Å². The molecule has 0 bridgehead atoms. The van der Waals surface area contributed by atoms with E-state index in [1.165, 1.54) is 21.0 Å². The third-order valence-electron chi connectivity index (χ3n) is 3.32. The zero-order chi connectivity index (χ0) is 18.6. The summed E-state index contributed by atoms with van der Waals surface area (Å²) in [6.45, 7) is 3.03. The number of ether oxygens (including phenoxy) is 2. The molecule has 1 heterocycles. The Hall–Kier alpha value is -2.98. The molecule has 8 heteroatoms. The predicted molar refractivity (Wildman–Crippen MR) is 89.7 cm³/mol. The molecule has 0 fully saturated rings. The molecule has 0 aliphatic rings. The van der Waals surface area contributed by atoms with Gasteiger partial charge in [0.15, 0.2) is 6.10 Å². The third-order valence-corrected chi connectivity index (χ3v) is 3.57. The lowest BCUT2D eigenvalue weighted by atomic mass is 10.1. The minimum Gasteiger partial charge on any atom is -0.481 e. The van der Waals surface area contributed by atoms with E-state index in [1.807, 2.05) is 6.07 Å². The fourth-order valence-electron chi connectivity index (χ4n) is 2.07. The highest BCUT2D eigenvalue weighted by molar-refractivity contribution is 6.30. The van der Waals surface area contributed by atoms with E-state index in [9.17, 15) is 14.9 Å².